The summed E-state index contributed by atoms with van der Waals surface area (Å²) < 4.78 is 10.5. The van der Waals surface area contributed by atoms with Gasteiger partial charge in [0.1, 0.15) is 5.60 Å². The third-order valence-electron chi connectivity index (χ3n) is 3.69. The lowest BCUT2D eigenvalue weighted by Crippen LogP contribution is -2.52. The summed E-state index contributed by atoms with van der Waals surface area (Å²) in [7, 11) is 0. The molecule has 0 aromatic carbocycles. The summed E-state index contributed by atoms with van der Waals surface area (Å²) in [5, 5.41) is 0. The van der Waals surface area contributed by atoms with Crippen LogP contribution < -0.4 is 0 Å². The van der Waals surface area contributed by atoms with Gasteiger partial charge in [-0.3, -0.25) is 4.90 Å². The van der Waals surface area contributed by atoms with E-state index in [0.717, 1.165) is 5.57 Å². The van der Waals surface area contributed by atoms with Gasteiger partial charge in [-0.2, -0.15) is 0 Å². The number of carbonyl (C=O) groups is 2. The molecule has 2 heterocycles. The minimum atomic E-state index is -1.01. The van der Waals surface area contributed by atoms with Crippen LogP contribution in [0.4, 0.5) is 4.79 Å². The van der Waals surface area contributed by atoms with E-state index < -0.39 is 17.2 Å². The number of nitrogens with zero attached hydrogens (tertiary/aromatic N) is 1. The first-order valence-electron chi connectivity index (χ1n) is 6.55. The van der Waals surface area contributed by atoms with E-state index in [-0.39, 0.29) is 11.9 Å². The molecule has 2 atom stereocenters. The Balaban J connectivity index is 2.31. The van der Waals surface area contributed by atoms with E-state index in [2.05, 4.69) is 6.58 Å². The van der Waals surface area contributed by atoms with Gasteiger partial charge in [0.15, 0.2) is 5.54 Å². The van der Waals surface area contributed by atoms with Crippen molar-refractivity contribution in [1.82, 2.24) is 4.90 Å². The van der Waals surface area contributed by atoms with Crippen molar-refractivity contribution in [3.63, 3.8) is 0 Å². The molecule has 0 unspecified atom stereocenters. The number of rotatable bonds is 0. The van der Waals surface area contributed by atoms with Crippen LogP contribution in [0.3, 0.4) is 0 Å². The molecule has 19 heavy (non-hydrogen) atoms. The van der Waals surface area contributed by atoms with Crippen LogP contribution in [0.1, 0.15) is 34.1 Å². The maximum Gasteiger partial charge on any atom is 0.411 e. The van der Waals surface area contributed by atoms with Crippen LogP contribution in [0.15, 0.2) is 12.2 Å². The maximum atomic E-state index is 12.3. The van der Waals surface area contributed by atoms with Crippen molar-refractivity contribution in [1.29, 1.82) is 0 Å². The molecule has 0 aromatic rings. The largest absolute Gasteiger partial charge is 0.464 e. The third-order valence-corrected chi connectivity index (χ3v) is 3.69. The molecule has 5 heteroatoms. The number of likely N-dealkylation sites (tertiary alicyclic amines) is 1. The molecule has 106 valence electrons. The molecule has 2 aliphatic rings. The molecule has 0 saturated carbocycles. The van der Waals surface area contributed by atoms with Crippen molar-refractivity contribution in [2.45, 2.75) is 45.3 Å². The zero-order chi connectivity index (χ0) is 14.4. The minimum absolute atomic E-state index is 0.0677. The Kier molecular flexibility index (Phi) is 3.11. The monoisotopic (exact) mass is 267 g/mol. The first-order chi connectivity index (χ1) is 8.68. The fraction of sp³-hybridized carbons (Fsp3) is 0.714. The normalized spacial score (nSPS) is 30.9. The maximum absolute atomic E-state index is 12.3. The minimum Gasteiger partial charge on any atom is -0.464 e. The lowest BCUT2D eigenvalue weighted by Gasteiger charge is -2.33. The zero-order valence-electron chi connectivity index (χ0n) is 12.0. The van der Waals surface area contributed by atoms with E-state index in [4.69, 9.17) is 9.47 Å². The van der Waals surface area contributed by atoms with Crippen LogP contribution >= 0.6 is 0 Å². The average molecular weight is 267 g/mol. The zero-order valence-corrected chi connectivity index (χ0v) is 12.0. The molecule has 0 bridgehead atoms. The molecule has 1 spiro atoms. The fourth-order valence-corrected chi connectivity index (χ4v) is 2.72. The lowest BCUT2D eigenvalue weighted by atomic mass is 9.86. The van der Waals surface area contributed by atoms with Gasteiger partial charge in [-0.05, 0) is 32.3 Å². The van der Waals surface area contributed by atoms with E-state index in [1.165, 1.54) is 4.90 Å². The molecule has 2 fully saturated rings. The second kappa shape index (κ2) is 4.25. The van der Waals surface area contributed by atoms with Gasteiger partial charge >= 0.3 is 12.1 Å². The van der Waals surface area contributed by atoms with Gasteiger partial charge < -0.3 is 9.47 Å². The Labute approximate surface area is 113 Å². The molecule has 2 saturated heterocycles. The molecule has 2 aliphatic heterocycles. The highest BCUT2D eigenvalue weighted by Crippen LogP contribution is 2.44. The number of cyclic esters (lactones) is 1. The highest BCUT2D eigenvalue weighted by atomic mass is 16.6. The Morgan fingerprint density at radius 2 is 2.16 bits per heavy atom. The van der Waals surface area contributed by atoms with Crippen molar-refractivity contribution < 1.29 is 19.1 Å². The van der Waals surface area contributed by atoms with Crippen molar-refractivity contribution in [2.24, 2.45) is 5.92 Å². The molecule has 0 aliphatic carbocycles. The first-order valence-corrected chi connectivity index (χ1v) is 6.55. The summed E-state index contributed by atoms with van der Waals surface area (Å²) in [6, 6.07) is 0. The molecule has 5 nitrogen and oxygen atoms in total. The highest BCUT2D eigenvalue weighted by molar-refractivity contribution is 5.92. The van der Waals surface area contributed by atoms with Crippen molar-refractivity contribution in [3.05, 3.63) is 12.2 Å². The van der Waals surface area contributed by atoms with Crippen molar-refractivity contribution in [2.75, 3.05) is 13.2 Å². The lowest BCUT2D eigenvalue weighted by molar-refractivity contribution is -0.145. The second-order valence-electron chi connectivity index (χ2n) is 6.26. The van der Waals surface area contributed by atoms with Crippen LogP contribution in [-0.2, 0) is 14.3 Å². The molecule has 0 radical (unpaired) electrons. The van der Waals surface area contributed by atoms with Gasteiger partial charge in [-0.1, -0.05) is 13.5 Å². The van der Waals surface area contributed by atoms with Crippen LogP contribution in [0.5, 0.6) is 0 Å². The molecular formula is C14H21NO4. The summed E-state index contributed by atoms with van der Waals surface area (Å²) >= 11 is 0. The topological polar surface area (TPSA) is 55.8 Å². The van der Waals surface area contributed by atoms with Crippen LogP contribution in [0, 0.1) is 5.92 Å². The number of hydrogen-bond donors (Lipinski definition) is 0. The van der Waals surface area contributed by atoms with E-state index in [1.54, 1.807) is 20.8 Å². The van der Waals surface area contributed by atoms with Gasteiger partial charge in [0.25, 0.3) is 0 Å². The average Bonchev–Trinajstić information content (AvgIpc) is 2.75. The number of carbonyl (C=O) groups excluding carboxylic acids is 2. The SMILES string of the molecule is C=C1[C@H](C)CN(C(=O)OC(C)(C)C)[C@]12CCOC2=O. The quantitative estimate of drug-likeness (QED) is 0.498. The first kappa shape index (κ1) is 13.9. The summed E-state index contributed by atoms with van der Waals surface area (Å²) in [5.74, 6) is -0.314. The summed E-state index contributed by atoms with van der Waals surface area (Å²) in [6.07, 6.45) is -0.00862. The van der Waals surface area contributed by atoms with E-state index in [0.29, 0.717) is 19.6 Å². The Hall–Kier alpha value is -1.52. The number of amides is 1. The third kappa shape index (κ3) is 2.11. The Morgan fingerprint density at radius 3 is 2.63 bits per heavy atom. The Bertz CT molecular complexity index is 437. The summed E-state index contributed by atoms with van der Waals surface area (Å²) in [5.41, 5.74) is -0.851. The Morgan fingerprint density at radius 1 is 1.53 bits per heavy atom. The van der Waals surface area contributed by atoms with Gasteiger partial charge in [0.2, 0.25) is 0 Å². The fourth-order valence-electron chi connectivity index (χ4n) is 2.72. The van der Waals surface area contributed by atoms with Gasteiger partial charge in [0, 0.05) is 13.0 Å². The van der Waals surface area contributed by atoms with Crippen LogP contribution in [0.25, 0.3) is 0 Å². The van der Waals surface area contributed by atoms with E-state index in [9.17, 15) is 9.59 Å². The summed E-state index contributed by atoms with van der Waals surface area (Å²) in [4.78, 5) is 25.9. The number of hydrogen-bond acceptors (Lipinski definition) is 4. The molecule has 2 rings (SSSR count). The van der Waals surface area contributed by atoms with Gasteiger partial charge in [0.05, 0.1) is 6.61 Å². The molecular weight excluding hydrogens is 246 g/mol. The van der Waals surface area contributed by atoms with Crippen LogP contribution in [0.2, 0.25) is 0 Å². The second-order valence-corrected chi connectivity index (χ2v) is 6.26. The molecule has 1 amide bonds. The molecule has 0 N–H and O–H groups in total. The van der Waals surface area contributed by atoms with Gasteiger partial charge in [-0.25, -0.2) is 9.59 Å². The predicted molar refractivity (Wildman–Crippen MR) is 69.6 cm³/mol. The smallest absolute Gasteiger partial charge is 0.411 e. The van der Waals surface area contributed by atoms with Crippen molar-refractivity contribution in [3.8, 4) is 0 Å². The molecule has 0 aromatic heterocycles. The number of ether oxygens (including phenoxy) is 2. The highest BCUT2D eigenvalue weighted by Gasteiger charge is 2.59. The van der Waals surface area contributed by atoms with Crippen molar-refractivity contribution >= 4 is 12.1 Å². The van der Waals surface area contributed by atoms with E-state index in [1.807, 2.05) is 6.92 Å². The predicted octanol–water partition coefficient (Wildman–Crippen LogP) is 2.12. The van der Waals surface area contributed by atoms with Gasteiger partial charge in [-0.15, -0.1) is 0 Å². The number of esters is 1. The van der Waals surface area contributed by atoms with E-state index >= 15 is 0 Å². The standard InChI is InChI=1S/C14H21NO4/c1-9-8-15(12(17)19-13(3,4)5)14(10(9)2)6-7-18-11(14)16/h9H,2,6-8H2,1,3-5H3/t9-,14-/m1/s1. The van der Waals surface area contributed by atoms with Crippen LogP contribution in [-0.4, -0.2) is 41.3 Å². The summed E-state index contributed by atoms with van der Waals surface area (Å²) in [6.45, 7) is 12.1.